The van der Waals surface area contributed by atoms with E-state index in [0.717, 1.165) is 29.6 Å². The van der Waals surface area contributed by atoms with Gasteiger partial charge < -0.3 is 4.57 Å². The molecule has 0 spiro atoms. The van der Waals surface area contributed by atoms with Gasteiger partial charge in [-0.25, -0.2) is 0 Å². The van der Waals surface area contributed by atoms with Crippen LogP contribution in [0.1, 0.15) is 26.7 Å². The lowest BCUT2D eigenvalue weighted by Gasteiger charge is -2.21. The highest BCUT2D eigenvalue weighted by molar-refractivity contribution is 7.78. The van der Waals surface area contributed by atoms with Gasteiger partial charge in [0, 0.05) is 16.8 Å². The van der Waals surface area contributed by atoms with Crippen LogP contribution in [0.4, 0.5) is 0 Å². The average molecular weight is 286 g/mol. The van der Waals surface area contributed by atoms with E-state index in [1.807, 2.05) is 60.7 Å². The van der Waals surface area contributed by atoms with Gasteiger partial charge in [0.2, 0.25) is 0 Å². The topological polar surface area (TPSA) is 17.1 Å². The van der Waals surface area contributed by atoms with Crippen LogP contribution in [0.5, 0.6) is 0 Å². The Kier molecular flexibility index (Phi) is 5.20. The summed E-state index contributed by atoms with van der Waals surface area (Å²) >= 11 is 0. The molecule has 2 heteroatoms. The van der Waals surface area contributed by atoms with Crippen molar-refractivity contribution in [1.29, 1.82) is 0 Å². The first-order chi connectivity index (χ1) is 9.66. The highest BCUT2D eigenvalue weighted by atomic mass is 31.2. The Morgan fingerprint density at radius 2 is 1.35 bits per heavy atom. The van der Waals surface area contributed by atoms with Gasteiger partial charge in [0.1, 0.15) is 7.14 Å². The van der Waals surface area contributed by atoms with Crippen LogP contribution in [0, 0.1) is 5.92 Å². The SMILES string of the molecule is CCC(C)CCP(=O)(c1ccccc1)c1ccccc1. The fourth-order valence-electron chi connectivity index (χ4n) is 2.35. The van der Waals surface area contributed by atoms with Gasteiger partial charge in [0.15, 0.2) is 0 Å². The molecule has 0 bridgehead atoms. The molecule has 2 aromatic rings. The van der Waals surface area contributed by atoms with E-state index < -0.39 is 7.14 Å². The van der Waals surface area contributed by atoms with Crippen molar-refractivity contribution in [2.45, 2.75) is 26.7 Å². The standard InChI is InChI=1S/C18H23OP/c1-3-16(2)14-15-20(19,17-10-6-4-7-11-17)18-12-8-5-9-13-18/h4-13,16H,3,14-15H2,1-2H3. The lowest BCUT2D eigenvalue weighted by atomic mass is 10.1. The minimum absolute atomic E-state index is 0.621. The molecule has 0 radical (unpaired) electrons. The Hall–Kier alpha value is -1.33. The van der Waals surface area contributed by atoms with Gasteiger partial charge >= 0.3 is 0 Å². The summed E-state index contributed by atoms with van der Waals surface area (Å²) in [5.74, 6) is 0.621. The Balaban J connectivity index is 2.37. The second-order valence-corrected chi connectivity index (χ2v) is 8.40. The quantitative estimate of drug-likeness (QED) is 0.718. The molecule has 106 valence electrons. The van der Waals surface area contributed by atoms with E-state index in [1.54, 1.807) is 0 Å². The molecule has 0 amide bonds. The molecule has 0 saturated heterocycles. The zero-order valence-corrected chi connectivity index (χ0v) is 13.2. The van der Waals surface area contributed by atoms with Crippen molar-refractivity contribution < 1.29 is 4.57 Å². The third kappa shape index (κ3) is 3.41. The fraction of sp³-hybridized carbons (Fsp3) is 0.333. The van der Waals surface area contributed by atoms with E-state index in [-0.39, 0.29) is 0 Å². The van der Waals surface area contributed by atoms with Gasteiger partial charge in [0.25, 0.3) is 0 Å². The van der Waals surface area contributed by atoms with Crippen molar-refractivity contribution >= 4 is 17.8 Å². The van der Waals surface area contributed by atoms with Crippen LogP contribution in [0.3, 0.4) is 0 Å². The largest absolute Gasteiger partial charge is 0.314 e. The summed E-state index contributed by atoms with van der Waals surface area (Å²) in [5.41, 5.74) is 0. The molecule has 2 rings (SSSR count). The van der Waals surface area contributed by atoms with E-state index in [1.165, 1.54) is 0 Å². The van der Waals surface area contributed by atoms with Crippen molar-refractivity contribution in [2.75, 3.05) is 6.16 Å². The summed E-state index contributed by atoms with van der Waals surface area (Å²) < 4.78 is 13.6. The van der Waals surface area contributed by atoms with Crippen LogP contribution in [0.15, 0.2) is 60.7 Å². The smallest absolute Gasteiger partial charge is 0.143 e. The molecule has 0 N–H and O–H groups in total. The lowest BCUT2D eigenvalue weighted by Crippen LogP contribution is -2.19. The minimum atomic E-state index is -2.49. The molecule has 0 heterocycles. The fourth-order valence-corrected chi connectivity index (χ4v) is 5.28. The molecule has 1 unspecified atom stereocenters. The maximum absolute atomic E-state index is 13.6. The summed E-state index contributed by atoms with van der Waals surface area (Å²) in [6.07, 6.45) is 2.91. The number of hydrogen-bond acceptors (Lipinski definition) is 1. The molecular weight excluding hydrogens is 263 g/mol. The van der Waals surface area contributed by atoms with Crippen molar-refractivity contribution in [3.05, 3.63) is 60.7 Å². The Labute approximate surface area is 122 Å². The second kappa shape index (κ2) is 6.90. The van der Waals surface area contributed by atoms with Gasteiger partial charge in [-0.15, -0.1) is 0 Å². The van der Waals surface area contributed by atoms with Crippen molar-refractivity contribution in [3.63, 3.8) is 0 Å². The second-order valence-electron chi connectivity index (χ2n) is 5.44. The number of hydrogen-bond donors (Lipinski definition) is 0. The Bertz CT molecular complexity index is 519. The molecule has 1 nitrogen and oxygen atoms in total. The maximum atomic E-state index is 13.6. The van der Waals surface area contributed by atoms with E-state index in [4.69, 9.17) is 0 Å². The molecule has 0 saturated carbocycles. The third-order valence-electron chi connectivity index (χ3n) is 3.98. The van der Waals surface area contributed by atoms with Gasteiger partial charge in [-0.3, -0.25) is 0 Å². The summed E-state index contributed by atoms with van der Waals surface area (Å²) in [7, 11) is -2.49. The zero-order valence-electron chi connectivity index (χ0n) is 12.3. The Morgan fingerprint density at radius 1 is 0.900 bits per heavy atom. The summed E-state index contributed by atoms with van der Waals surface area (Å²) in [5, 5.41) is 1.96. The number of benzene rings is 2. The van der Waals surface area contributed by atoms with Crippen LogP contribution in [-0.2, 0) is 4.57 Å². The van der Waals surface area contributed by atoms with Crippen LogP contribution < -0.4 is 10.6 Å². The first kappa shape index (κ1) is 15.1. The first-order valence-electron chi connectivity index (χ1n) is 7.37. The van der Waals surface area contributed by atoms with Crippen LogP contribution in [-0.4, -0.2) is 6.16 Å². The molecule has 20 heavy (non-hydrogen) atoms. The zero-order chi connectivity index (χ0) is 14.4. The van der Waals surface area contributed by atoms with E-state index in [0.29, 0.717) is 5.92 Å². The molecular formula is C18H23OP. The van der Waals surface area contributed by atoms with Crippen LogP contribution in [0.25, 0.3) is 0 Å². The highest BCUT2D eigenvalue weighted by Gasteiger charge is 2.26. The minimum Gasteiger partial charge on any atom is -0.314 e. The molecule has 0 aliphatic heterocycles. The molecule has 0 aromatic heterocycles. The highest BCUT2D eigenvalue weighted by Crippen LogP contribution is 2.44. The van der Waals surface area contributed by atoms with Gasteiger partial charge in [0.05, 0.1) is 0 Å². The van der Waals surface area contributed by atoms with E-state index in [9.17, 15) is 4.57 Å². The van der Waals surface area contributed by atoms with Crippen LogP contribution in [0.2, 0.25) is 0 Å². The molecule has 0 aliphatic rings. The van der Waals surface area contributed by atoms with Crippen molar-refractivity contribution in [3.8, 4) is 0 Å². The normalized spacial score (nSPS) is 13.1. The van der Waals surface area contributed by atoms with Gasteiger partial charge in [-0.2, -0.15) is 0 Å². The number of rotatable bonds is 6. The van der Waals surface area contributed by atoms with Crippen molar-refractivity contribution in [2.24, 2.45) is 5.92 Å². The van der Waals surface area contributed by atoms with Gasteiger partial charge in [-0.1, -0.05) is 80.9 Å². The van der Waals surface area contributed by atoms with Crippen molar-refractivity contribution in [1.82, 2.24) is 0 Å². The molecule has 2 aromatic carbocycles. The van der Waals surface area contributed by atoms with E-state index >= 15 is 0 Å². The predicted molar refractivity (Wildman–Crippen MR) is 88.7 cm³/mol. The Morgan fingerprint density at radius 3 is 1.75 bits per heavy atom. The first-order valence-corrected chi connectivity index (χ1v) is 9.26. The van der Waals surface area contributed by atoms with Crippen LogP contribution >= 0.6 is 7.14 Å². The molecule has 0 aliphatic carbocycles. The predicted octanol–water partition coefficient (Wildman–Crippen LogP) is 4.44. The maximum Gasteiger partial charge on any atom is 0.143 e. The lowest BCUT2D eigenvalue weighted by molar-refractivity contribution is 0.535. The van der Waals surface area contributed by atoms with Gasteiger partial charge in [-0.05, 0) is 12.3 Å². The monoisotopic (exact) mass is 286 g/mol. The molecule has 1 atom stereocenters. The molecule has 0 fully saturated rings. The summed E-state index contributed by atoms with van der Waals surface area (Å²) in [6.45, 7) is 4.43. The van der Waals surface area contributed by atoms with E-state index in [2.05, 4.69) is 13.8 Å². The average Bonchev–Trinajstić information content (AvgIpc) is 2.54. The third-order valence-corrected chi connectivity index (χ3v) is 7.13. The summed E-state index contributed by atoms with van der Waals surface area (Å²) in [4.78, 5) is 0. The summed E-state index contributed by atoms with van der Waals surface area (Å²) in [6, 6.07) is 19.9.